The molecule has 0 amide bonds. The van der Waals surface area contributed by atoms with E-state index < -0.39 is 0 Å². The molecule has 1 N–H and O–H groups in total. The molecule has 0 unspecified atom stereocenters. The van der Waals surface area contributed by atoms with Crippen molar-refractivity contribution in [2.45, 2.75) is 0 Å². The number of ether oxygens (including phenoxy) is 1. The Morgan fingerprint density at radius 3 is 2.48 bits per heavy atom. The van der Waals surface area contributed by atoms with E-state index in [2.05, 4.69) is 24.3 Å². The van der Waals surface area contributed by atoms with E-state index in [0.29, 0.717) is 6.61 Å². The summed E-state index contributed by atoms with van der Waals surface area (Å²) in [6.07, 6.45) is 0. The highest BCUT2D eigenvalue weighted by Gasteiger charge is 2.04. The van der Waals surface area contributed by atoms with Gasteiger partial charge in [-0.3, -0.25) is 0 Å². The SMILES string of the molecule is CN(C)CCNCCOc1ccc(Cl)c2ccccc12.[Cl-]. The number of likely N-dealkylation sites (N-methyl/N-ethyl adjacent to an activating group) is 1. The van der Waals surface area contributed by atoms with E-state index in [1.165, 1.54) is 0 Å². The summed E-state index contributed by atoms with van der Waals surface area (Å²) < 4.78 is 5.85. The minimum Gasteiger partial charge on any atom is -1.00 e. The van der Waals surface area contributed by atoms with E-state index in [0.717, 1.165) is 41.2 Å². The van der Waals surface area contributed by atoms with Gasteiger partial charge in [-0.05, 0) is 26.2 Å². The summed E-state index contributed by atoms with van der Waals surface area (Å²) >= 11 is 6.19. The molecule has 0 heterocycles. The van der Waals surface area contributed by atoms with Crippen molar-refractivity contribution in [1.82, 2.24) is 10.2 Å². The Labute approximate surface area is 137 Å². The predicted molar refractivity (Wildman–Crippen MR) is 85.9 cm³/mol. The third-order valence-electron chi connectivity index (χ3n) is 3.10. The van der Waals surface area contributed by atoms with Crippen LogP contribution in [0.3, 0.4) is 0 Å². The highest BCUT2D eigenvalue weighted by atomic mass is 35.5. The normalized spacial score (nSPS) is 10.7. The molecule has 0 aliphatic carbocycles. The lowest BCUT2D eigenvalue weighted by atomic mass is 10.1. The summed E-state index contributed by atoms with van der Waals surface area (Å²) in [5.74, 6) is 0.888. The second-order valence-electron chi connectivity index (χ2n) is 4.99. The highest BCUT2D eigenvalue weighted by molar-refractivity contribution is 6.35. The van der Waals surface area contributed by atoms with Gasteiger partial charge in [0, 0.05) is 35.4 Å². The van der Waals surface area contributed by atoms with Gasteiger partial charge in [0.25, 0.3) is 0 Å². The lowest BCUT2D eigenvalue weighted by Crippen LogP contribution is -3.00. The third-order valence-corrected chi connectivity index (χ3v) is 3.43. The first kappa shape index (κ1) is 18.1. The molecule has 2 aromatic carbocycles. The topological polar surface area (TPSA) is 24.5 Å². The summed E-state index contributed by atoms with van der Waals surface area (Å²) in [6.45, 7) is 3.49. The fourth-order valence-electron chi connectivity index (χ4n) is 2.02. The van der Waals surface area contributed by atoms with Crippen LogP contribution in [0.15, 0.2) is 36.4 Å². The number of rotatable bonds is 7. The monoisotopic (exact) mass is 327 g/mol. The van der Waals surface area contributed by atoms with Gasteiger partial charge < -0.3 is 27.4 Å². The van der Waals surface area contributed by atoms with E-state index in [4.69, 9.17) is 16.3 Å². The van der Waals surface area contributed by atoms with Crippen molar-refractivity contribution >= 4 is 22.4 Å². The van der Waals surface area contributed by atoms with Crippen molar-refractivity contribution in [2.24, 2.45) is 0 Å². The molecule has 3 nitrogen and oxygen atoms in total. The molecule has 0 saturated heterocycles. The minimum absolute atomic E-state index is 0. The van der Waals surface area contributed by atoms with E-state index in [-0.39, 0.29) is 12.4 Å². The van der Waals surface area contributed by atoms with Crippen LogP contribution < -0.4 is 22.5 Å². The number of benzene rings is 2. The Hall–Kier alpha value is -1.00. The van der Waals surface area contributed by atoms with E-state index in [1.807, 2.05) is 36.4 Å². The number of nitrogens with zero attached hydrogens (tertiary/aromatic N) is 1. The van der Waals surface area contributed by atoms with Crippen LogP contribution in [-0.4, -0.2) is 45.2 Å². The molecule has 2 rings (SSSR count). The van der Waals surface area contributed by atoms with Crippen molar-refractivity contribution in [2.75, 3.05) is 40.3 Å². The Balaban J connectivity index is 0.00000220. The maximum absolute atomic E-state index is 6.19. The lowest BCUT2D eigenvalue weighted by Gasteiger charge is -2.12. The molecule has 5 heteroatoms. The summed E-state index contributed by atoms with van der Waals surface area (Å²) in [5.41, 5.74) is 0. The highest BCUT2D eigenvalue weighted by Crippen LogP contribution is 2.31. The zero-order valence-corrected chi connectivity index (χ0v) is 13.9. The van der Waals surface area contributed by atoms with Crippen LogP contribution in [0.2, 0.25) is 5.02 Å². The van der Waals surface area contributed by atoms with E-state index in [9.17, 15) is 0 Å². The van der Waals surface area contributed by atoms with Gasteiger partial charge in [-0.1, -0.05) is 35.9 Å². The van der Waals surface area contributed by atoms with Gasteiger partial charge >= 0.3 is 0 Å². The molecule has 2 aromatic rings. The predicted octanol–water partition coefficient (Wildman–Crippen LogP) is 0.0272. The van der Waals surface area contributed by atoms with Crippen LogP contribution >= 0.6 is 11.6 Å². The quantitative estimate of drug-likeness (QED) is 0.726. The molecule has 0 atom stereocenters. The van der Waals surface area contributed by atoms with Gasteiger partial charge in [0.05, 0.1) is 0 Å². The smallest absolute Gasteiger partial charge is 0.127 e. The van der Waals surface area contributed by atoms with Crippen molar-refractivity contribution < 1.29 is 17.1 Å². The molecular weight excluding hydrogens is 307 g/mol. The molecule has 0 spiro atoms. The number of halogens is 2. The first-order chi connectivity index (χ1) is 9.68. The maximum Gasteiger partial charge on any atom is 0.127 e. The Kier molecular flexibility index (Phi) is 7.83. The molecule has 0 saturated carbocycles. The standard InChI is InChI=1S/C16H21ClN2O.ClH/c1-19(2)11-9-18-10-12-20-16-8-7-15(17)13-5-3-4-6-14(13)16;/h3-8,18H,9-12H2,1-2H3;1H/p-1. The zero-order chi connectivity index (χ0) is 14.4. The fraction of sp³-hybridized carbons (Fsp3) is 0.375. The van der Waals surface area contributed by atoms with Crippen LogP contribution in [0.4, 0.5) is 0 Å². The average molecular weight is 328 g/mol. The van der Waals surface area contributed by atoms with Crippen molar-refractivity contribution in [1.29, 1.82) is 0 Å². The van der Waals surface area contributed by atoms with E-state index in [1.54, 1.807) is 0 Å². The van der Waals surface area contributed by atoms with Crippen LogP contribution in [0.5, 0.6) is 5.75 Å². The lowest BCUT2D eigenvalue weighted by molar-refractivity contribution is -0.00000446. The zero-order valence-electron chi connectivity index (χ0n) is 12.4. The van der Waals surface area contributed by atoms with Crippen LogP contribution in [0.25, 0.3) is 10.8 Å². The summed E-state index contributed by atoms with van der Waals surface area (Å²) in [5, 5.41) is 6.21. The summed E-state index contributed by atoms with van der Waals surface area (Å²) in [6, 6.07) is 11.9. The third kappa shape index (κ3) is 5.36. The maximum atomic E-state index is 6.19. The first-order valence-electron chi connectivity index (χ1n) is 6.84. The molecule has 21 heavy (non-hydrogen) atoms. The van der Waals surface area contributed by atoms with Gasteiger partial charge in [-0.15, -0.1) is 0 Å². The van der Waals surface area contributed by atoms with Crippen LogP contribution in [0, 0.1) is 0 Å². The Morgan fingerprint density at radius 1 is 1.05 bits per heavy atom. The second-order valence-corrected chi connectivity index (χ2v) is 5.40. The Bertz CT molecular complexity index is 561. The number of hydrogen-bond acceptors (Lipinski definition) is 3. The van der Waals surface area contributed by atoms with Crippen LogP contribution in [-0.2, 0) is 0 Å². The van der Waals surface area contributed by atoms with Crippen molar-refractivity contribution in [3.8, 4) is 5.75 Å². The molecule has 0 aromatic heterocycles. The number of nitrogens with one attached hydrogen (secondary N) is 1. The molecule has 0 bridgehead atoms. The molecular formula is C16H21Cl2N2O-. The van der Waals surface area contributed by atoms with Gasteiger partial charge in [0.15, 0.2) is 0 Å². The summed E-state index contributed by atoms with van der Waals surface area (Å²) in [7, 11) is 4.13. The minimum atomic E-state index is 0. The van der Waals surface area contributed by atoms with Crippen molar-refractivity contribution in [3.05, 3.63) is 41.4 Å². The van der Waals surface area contributed by atoms with Gasteiger partial charge in [0.1, 0.15) is 12.4 Å². The molecule has 0 fully saturated rings. The Morgan fingerprint density at radius 2 is 1.76 bits per heavy atom. The summed E-state index contributed by atoms with van der Waals surface area (Å²) in [4.78, 5) is 2.15. The van der Waals surface area contributed by atoms with Crippen molar-refractivity contribution in [3.63, 3.8) is 0 Å². The second kappa shape index (κ2) is 9.11. The largest absolute Gasteiger partial charge is 1.00 e. The number of hydrogen-bond donors (Lipinski definition) is 1. The number of fused-ring (bicyclic) bond motifs is 1. The van der Waals surface area contributed by atoms with E-state index >= 15 is 0 Å². The van der Waals surface area contributed by atoms with Gasteiger partial charge in [-0.25, -0.2) is 0 Å². The first-order valence-corrected chi connectivity index (χ1v) is 7.22. The average Bonchev–Trinajstić information content (AvgIpc) is 2.45. The fourth-order valence-corrected chi connectivity index (χ4v) is 2.25. The molecule has 0 aliphatic heterocycles. The molecule has 116 valence electrons. The molecule has 0 radical (unpaired) electrons. The van der Waals surface area contributed by atoms with Gasteiger partial charge in [0.2, 0.25) is 0 Å². The molecule has 0 aliphatic rings. The van der Waals surface area contributed by atoms with Gasteiger partial charge in [-0.2, -0.15) is 0 Å². The van der Waals surface area contributed by atoms with Crippen LogP contribution in [0.1, 0.15) is 0 Å².